The van der Waals surface area contributed by atoms with Crippen LogP contribution in [0.25, 0.3) is 0 Å². The Labute approximate surface area is 130 Å². The first kappa shape index (κ1) is 14.3. The van der Waals surface area contributed by atoms with Gasteiger partial charge in [-0.25, -0.2) is 4.79 Å². The van der Waals surface area contributed by atoms with Crippen LogP contribution in [0.1, 0.15) is 21.5 Å². The summed E-state index contributed by atoms with van der Waals surface area (Å²) in [6.07, 6.45) is 0. The summed E-state index contributed by atoms with van der Waals surface area (Å²) in [6, 6.07) is 13.2. The van der Waals surface area contributed by atoms with Crippen molar-refractivity contribution in [3.8, 4) is 0 Å². The van der Waals surface area contributed by atoms with Crippen LogP contribution in [-0.2, 0) is 11.3 Å². The summed E-state index contributed by atoms with van der Waals surface area (Å²) in [7, 11) is 0. The van der Waals surface area contributed by atoms with Gasteiger partial charge in [0.25, 0.3) is 0 Å². The topological polar surface area (TPSA) is 26.3 Å². The highest BCUT2D eigenvalue weighted by Crippen LogP contribution is 2.25. The molecule has 2 nitrogen and oxygen atoms in total. The maximum Gasteiger partial charge on any atom is 0.340 e. The molecule has 0 radical (unpaired) electrons. The third-order valence-corrected chi connectivity index (χ3v) is 4.18. The summed E-state index contributed by atoms with van der Waals surface area (Å²) in [4.78, 5) is 12.0. The zero-order valence-corrected chi connectivity index (χ0v) is 13.2. The number of carbonyl (C=O) groups excluding carboxylic acids is 1. The molecule has 0 aliphatic heterocycles. The number of aryl methyl sites for hydroxylation is 1. The second-order valence-corrected chi connectivity index (χ2v) is 5.71. The largest absolute Gasteiger partial charge is 0.457 e. The van der Waals surface area contributed by atoms with Gasteiger partial charge in [-0.15, -0.1) is 0 Å². The first-order valence-corrected chi connectivity index (χ1v) is 7.20. The summed E-state index contributed by atoms with van der Waals surface area (Å²) in [5.74, 6) is -0.393. The van der Waals surface area contributed by atoms with E-state index in [9.17, 15) is 4.79 Å². The van der Waals surface area contributed by atoms with E-state index < -0.39 is 5.97 Å². The fraction of sp³-hybridized carbons (Fsp3) is 0.133. The van der Waals surface area contributed by atoms with Crippen molar-refractivity contribution in [1.29, 1.82) is 0 Å². The molecule has 19 heavy (non-hydrogen) atoms. The van der Waals surface area contributed by atoms with E-state index in [1.165, 1.54) is 0 Å². The average Bonchev–Trinajstić information content (AvgIpc) is 2.41. The molecule has 0 aliphatic rings. The van der Waals surface area contributed by atoms with Crippen molar-refractivity contribution in [2.24, 2.45) is 0 Å². The summed E-state index contributed by atoms with van der Waals surface area (Å²) >= 11 is 8.24. The zero-order valence-electron chi connectivity index (χ0n) is 10.3. The molecule has 0 heterocycles. The molecule has 98 valence electrons. The highest BCUT2D eigenvalue weighted by Gasteiger charge is 2.15. The predicted octanol–water partition coefficient (Wildman–Crippen LogP) is 4.61. The Kier molecular flexibility index (Phi) is 4.82. The van der Waals surface area contributed by atoms with E-state index >= 15 is 0 Å². The van der Waals surface area contributed by atoms with Crippen LogP contribution in [0, 0.1) is 10.5 Å². The monoisotopic (exact) mass is 386 g/mol. The third kappa shape index (κ3) is 3.70. The predicted molar refractivity (Wildman–Crippen MR) is 84.5 cm³/mol. The number of benzene rings is 2. The van der Waals surface area contributed by atoms with E-state index in [1.54, 1.807) is 6.07 Å². The summed E-state index contributed by atoms with van der Waals surface area (Å²) in [5, 5.41) is 0.448. The van der Waals surface area contributed by atoms with Crippen molar-refractivity contribution in [2.45, 2.75) is 13.5 Å². The highest BCUT2D eigenvalue weighted by atomic mass is 127. The van der Waals surface area contributed by atoms with Gasteiger partial charge in [-0.2, -0.15) is 0 Å². The van der Waals surface area contributed by atoms with Crippen LogP contribution in [0.3, 0.4) is 0 Å². The first-order valence-electron chi connectivity index (χ1n) is 5.74. The van der Waals surface area contributed by atoms with Gasteiger partial charge in [0.15, 0.2) is 0 Å². The van der Waals surface area contributed by atoms with Gasteiger partial charge in [-0.1, -0.05) is 41.9 Å². The van der Waals surface area contributed by atoms with Crippen molar-refractivity contribution in [2.75, 3.05) is 0 Å². The molecule has 0 aliphatic carbocycles. The zero-order chi connectivity index (χ0) is 13.8. The lowest BCUT2D eigenvalue weighted by atomic mass is 10.1. The summed E-state index contributed by atoms with van der Waals surface area (Å²) in [5.41, 5.74) is 2.36. The molecule has 0 aromatic heterocycles. The van der Waals surface area contributed by atoms with Crippen molar-refractivity contribution < 1.29 is 9.53 Å². The van der Waals surface area contributed by atoms with Gasteiger partial charge in [0.05, 0.1) is 10.6 Å². The Balaban J connectivity index is 2.13. The molecule has 0 atom stereocenters. The molecule has 0 saturated heterocycles. The molecule has 0 unspecified atom stereocenters. The number of ether oxygens (including phenoxy) is 1. The fourth-order valence-electron chi connectivity index (χ4n) is 1.67. The maximum absolute atomic E-state index is 12.0. The number of hydrogen-bond donors (Lipinski definition) is 0. The van der Waals surface area contributed by atoms with Gasteiger partial charge in [-0.3, -0.25) is 0 Å². The number of carbonyl (C=O) groups is 1. The van der Waals surface area contributed by atoms with Gasteiger partial charge in [0.1, 0.15) is 6.61 Å². The van der Waals surface area contributed by atoms with Crippen LogP contribution in [0.15, 0.2) is 42.5 Å². The molecular formula is C15H12ClIO2. The SMILES string of the molecule is Cc1cc(I)c(Cl)c(C(=O)OCc2ccccc2)c1. The molecule has 0 amide bonds. The summed E-state index contributed by atoms with van der Waals surface area (Å²) in [6.45, 7) is 2.17. The number of rotatable bonds is 3. The van der Waals surface area contributed by atoms with E-state index in [2.05, 4.69) is 22.6 Å². The quantitative estimate of drug-likeness (QED) is 0.569. The normalized spacial score (nSPS) is 10.3. The maximum atomic E-state index is 12.0. The standard InChI is InChI=1S/C15H12ClIO2/c1-10-7-12(14(16)13(17)8-10)15(18)19-9-11-5-3-2-4-6-11/h2-8H,9H2,1H3. The molecule has 2 aromatic carbocycles. The smallest absolute Gasteiger partial charge is 0.340 e. The minimum absolute atomic E-state index is 0.251. The lowest BCUT2D eigenvalue weighted by Gasteiger charge is -2.08. The van der Waals surface area contributed by atoms with Gasteiger partial charge < -0.3 is 4.74 Å². The first-order chi connectivity index (χ1) is 9.08. The molecule has 2 aromatic rings. The molecule has 0 bridgehead atoms. The number of hydrogen-bond acceptors (Lipinski definition) is 2. The van der Waals surface area contributed by atoms with E-state index in [4.69, 9.17) is 16.3 Å². The van der Waals surface area contributed by atoms with Gasteiger partial charge >= 0.3 is 5.97 Å². The minimum atomic E-state index is -0.393. The van der Waals surface area contributed by atoms with Crippen molar-refractivity contribution in [1.82, 2.24) is 0 Å². The summed E-state index contributed by atoms with van der Waals surface area (Å²) < 4.78 is 6.13. The molecule has 0 N–H and O–H groups in total. The van der Waals surface area contributed by atoms with Gasteiger partial charge in [0.2, 0.25) is 0 Å². The molecule has 0 spiro atoms. The van der Waals surface area contributed by atoms with E-state index in [0.29, 0.717) is 10.6 Å². The Morgan fingerprint density at radius 1 is 1.26 bits per heavy atom. The number of halogens is 2. The van der Waals surface area contributed by atoms with Crippen LogP contribution >= 0.6 is 34.2 Å². The third-order valence-electron chi connectivity index (χ3n) is 2.61. The minimum Gasteiger partial charge on any atom is -0.457 e. The lowest BCUT2D eigenvalue weighted by Crippen LogP contribution is -2.07. The molecule has 0 saturated carbocycles. The van der Waals surface area contributed by atoms with Crippen LogP contribution in [-0.4, -0.2) is 5.97 Å². The lowest BCUT2D eigenvalue weighted by molar-refractivity contribution is 0.0472. The highest BCUT2D eigenvalue weighted by molar-refractivity contribution is 14.1. The number of esters is 1. The second kappa shape index (κ2) is 6.39. The molecule has 0 fully saturated rings. The molecule has 4 heteroatoms. The fourth-order valence-corrected chi connectivity index (χ4v) is 2.64. The van der Waals surface area contributed by atoms with Crippen LogP contribution in [0.4, 0.5) is 0 Å². The van der Waals surface area contributed by atoms with Crippen molar-refractivity contribution >= 4 is 40.2 Å². The van der Waals surface area contributed by atoms with E-state index in [-0.39, 0.29) is 6.61 Å². The van der Waals surface area contributed by atoms with Crippen molar-refractivity contribution in [3.05, 3.63) is 67.7 Å². The van der Waals surface area contributed by atoms with Crippen LogP contribution < -0.4 is 0 Å². The Bertz CT molecular complexity index is 597. The Morgan fingerprint density at radius 3 is 2.63 bits per heavy atom. The molecule has 2 rings (SSSR count). The van der Waals surface area contributed by atoms with Crippen LogP contribution in [0.2, 0.25) is 5.02 Å². The Hall–Kier alpha value is -1.07. The van der Waals surface area contributed by atoms with E-state index in [1.807, 2.05) is 43.3 Å². The van der Waals surface area contributed by atoms with Gasteiger partial charge in [-0.05, 0) is 52.8 Å². The molecular weight excluding hydrogens is 375 g/mol. The van der Waals surface area contributed by atoms with E-state index in [0.717, 1.165) is 14.7 Å². The van der Waals surface area contributed by atoms with Gasteiger partial charge in [0, 0.05) is 3.57 Å². The Morgan fingerprint density at radius 2 is 1.95 bits per heavy atom. The van der Waals surface area contributed by atoms with Crippen LogP contribution in [0.5, 0.6) is 0 Å². The average molecular weight is 387 g/mol. The second-order valence-electron chi connectivity index (χ2n) is 4.17. The van der Waals surface area contributed by atoms with Crippen molar-refractivity contribution in [3.63, 3.8) is 0 Å².